The van der Waals surface area contributed by atoms with E-state index in [0.29, 0.717) is 22.9 Å². The molecule has 2 rings (SSSR count). The van der Waals surface area contributed by atoms with Crippen LogP contribution in [0.15, 0.2) is 48.5 Å². The van der Waals surface area contributed by atoms with Crippen LogP contribution in [0.1, 0.15) is 42.6 Å². The molecule has 0 unspecified atom stereocenters. The Morgan fingerprint density at radius 3 is 2.40 bits per heavy atom. The fourth-order valence-corrected chi connectivity index (χ4v) is 2.59. The number of carbonyl (C=O) groups is 2. The molecule has 2 aromatic rings. The molecule has 4 nitrogen and oxygen atoms in total. The molecule has 2 aromatic carbocycles. The van der Waals surface area contributed by atoms with E-state index in [4.69, 9.17) is 4.74 Å². The zero-order valence-electron chi connectivity index (χ0n) is 15.0. The Balaban J connectivity index is 1.85. The molecule has 0 aliphatic carbocycles. The van der Waals surface area contributed by atoms with Crippen LogP contribution in [-0.2, 0) is 11.2 Å². The lowest BCUT2D eigenvalue weighted by Gasteiger charge is -2.08. The molecule has 0 saturated heterocycles. The number of amides is 1. The number of nitrogens with one attached hydrogen (secondary N) is 1. The lowest BCUT2D eigenvalue weighted by molar-refractivity contribution is -0.116. The van der Waals surface area contributed by atoms with Gasteiger partial charge in [0.15, 0.2) is 5.78 Å². The van der Waals surface area contributed by atoms with Gasteiger partial charge < -0.3 is 10.1 Å². The van der Waals surface area contributed by atoms with Gasteiger partial charge in [-0.15, -0.1) is 0 Å². The van der Waals surface area contributed by atoms with Crippen molar-refractivity contribution in [2.24, 2.45) is 5.92 Å². The van der Waals surface area contributed by atoms with Crippen molar-refractivity contribution < 1.29 is 14.3 Å². The summed E-state index contributed by atoms with van der Waals surface area (Å²) in [5.41, 5.74) is 2.54. The van der Waals surface area contributed by atoms with Crippen molar-refractivity contribution in [2.75, 3.05) is 12.4 Å². The van der Waals surface area contributed by atoms with Crippen LogP contribution >= 0.6 is 0 Å². The van der Waals surface area contributed by atoms with Crippen LogP contribution in [0.5, 0.6) is 5.75 Å². The van der Waals surface area contributed by atoms with Crippen molar-refractivity contribution in [1.29, 1.82) is 0 Å². The molecular weight excluding hydrogens is 314 g/mol. The summed E-state index contributed by atoms with van der Waals surface area (Å²) < 4.78 is 5.12. The number of hydrogen-bond acceptors (Lipinski definition) is 3. The number of benzene rings is 2. The molecule has 0 aliphatic rings. The Bertz CT molecular complexity index is 720. The second-order valence-electron chi connectivity index (χ2n) is 6.50. The van der Waals surface area contributed by atoms with E-state index in [1.54, 1.807) is 25.3 Å². The fourth-order valence-electron chi connectivity index (χ4n) is 2.59. The number of methoxy groups -OCH3 is 1. The minimum atomic E-state index is -0.182. The van der Waals surface area contributed by atoms with Gasteiger partial charge in [-0.05, 0) is 30.0 Å². The SMILES string of the molecule is COc1cccc(NC(=O)CCC(=O)c2ccc(CC(C)C)cc2)c1. The highest BCUT2D eigenvalue weighted by atomic mass is 16.5. The molecule has 0 radical (unpaired) electrons. The minimum absolute atomic E-state index is 0.0168. The third-order valence-corrected chi connectivity index (χ3v) is 3.85. The zero-order chi connectivity index (χ0) is 18.2. The van der Waals surface area contributed by atoms with Gasteiger partial charge in [0.1, 0.15) is 5.75 Å². The molecule has 132 valence electrons. The van der Waals surface area contributed by atoms with Crippen molar-refractivity contribution >= 4 is 17.4 Å². The zero-order valence-corrected chi connectivity index (χ0v) is 15.0. The molecule has 1 N–H and O–H groups in total. The van der Waals surface area contributed by atoms with Crippen LogP contribution < -0.4 is 10.1 Å². The second-order valence-corrected chi connectivity index (χ2v) is 6.50. The number of ketones is 1. The van der Waals surface area contributed by atoms with E-state index in [0.717, 1.165) is 6.42 Å². The molecule has 0 spiro atoms. The first kappa shape index (κ1) is 18.7. The summed E-state index contributed by atoms with van der Waals surface area (Å²) in [5, 5.41) is 2.78. The Morgan fingerprint density at radius 1 is 1.04 bits per heavy atom. The normalized spacial score (nSPS) is 10.6. The van der Waals surface area contributed by atoms with Crippen LogP contribution in [0.2, 0.25) is 0 Å². The number of carbonyl (C=O) groups excluding carboxylic acids is 2. The first-order valence-corrected chi connectivity index (χ1v) is 8.54. The molecule has 0 heterocycles. The predicted octanol–water partition coefficient (Wildman–Crippen LogP) is 4.50. The maximum Gasteiger partial charge on any atom is 0.224 e. The van der Waals surface area contributed by atoms with Gasteiger partial charge in [0.2, 0.25) is 5.91 Å². The van der Waals surface area contributed by atoms with Crippen LogP contribution in [0.3, 0.4) is 0 Å². The summed E-state index contributed by atoms with van der Waals surface area (Å²) in [7, 11) is 1.58. The summed E-state index contributed by atoms with van der Waals surface area (Å²) in [6.07, 6.45) is 1.35. The summed E-state index contributed by atoms with van der Waals surface area (Å²) in [6.45, 7) is 4.33. The third-order valence-electron chi connectivity index (χ3n) is 3.85. The maximum absolute atomic E-state index is 12.2. The van der Waals surface area contributed by atoms with Crippen molar-refractivity contribution in [3.63, 3.8) is 0 Å². The fraction of sp³-hybridized carbons (Fsp3) is 0.333. The Kier molecular flexibility index (Phi) is 6.75. The summed E-state index contributed by atoms with van der Waals surface area (Å²) in [4.78, 5) is 24.3. The first-order chi connectivity index (χ1) is 12.0. The quantitative estimate of drug-likeness (QED) is 0.721. The van der Waals surface area contributed by atoms with Gasteiger partial charge in [-0.1, -0.05) is 44.2 Å². The topological polar surface area (TPSA) is 55.4 Å². The third kappa shape index (κ3) is 6.07. The minimum Gasteiger partial charge on any atom is -0.497 e. The highest BCUT2D eigenvalue weighted by Crippen LogP contribution is 2.17. The molecular formula is C21H25NO3. The maximum atomic E-state index is 12.2. The van der Waals surface area contributed by atoms with E-state index < -0.39 is 0 Å². The van der Waals surface area contributed by atoms with Gasteiger partial charge in [-0.3, -0.25) is 9.59 Å². The van der Waals surface area contributed by atoms with Gasteiger partial charge >= 0.3 is 0 Å². The van der Waals surface area contributed by atoms with Crippen molar-refractivity contribution in [3.8, 4) is 5.75 Å². The first-order valence-electron chi connectivity index (χ1n) is 8.54. The standard InChI is InChI=1S/C21H25NO3/c1-15(2)13-16-7-9-17(10-8-16)20(23)11-12-21(24)22-18-5-4-6-19(14-18)25-3/h4-10,14-15H,11-13H2,1-3H3,(H,22,24). The second kappa shape index (κ2) is 9.02. The van der Waals surface area contributed by atoms with E-state index >= 15 is 0 Å². The van der Waals surface area contributed by atoms with Crippen molar-refractivity contribution in [1.82, 2.24) is 0 Å². The van der Waals surface area contributed by atoms with Gasteiger partial charge in [-0.2, -0.15) is 0 Å². The molecule has 0 fully saturated rings. The molecule has 0 bridgehead atoms. The molecule has 0 aromatic heterocycles. The molecule has 1 amide bonds. The number of hydrogen-bond donors (Lipinski definition) is 1. The van der Waals surface area contributed by atoms with Gasteiger partial charge in [0.25, 0.3) is 0 Å². The van der Waals surface area contributed by atoms with Crippen LogP contribution in [-0.4, -0.2) is 18.8 Å². The van der Waals surface area contributed by atoms with E-state index in [1.165, 1.54) is 5.56 Å². The Hall–Kier alpha value is -2.62. The van der Waals surface area contributed by atoms with E-state index in [1.807, 2.05) is 30.3 Å². The lowest BCUT2D eigenvalue weighted by Crippen LogP contribution is -2.13. The number of Topliss-reactive ketones (excluding diaryl/α,β-unsaturated/α-hetero) is 1. The van der Waals surface area contributed by atoms with Crippen molar-refractivity contribution in [2.45, 2.75) is 33.1 Å². The number of ether oxygens (including phenoxy) is 1. The van der Waals surface area contributed by atoms with Crippen molar-refractivity contribution in [3.05, 3.63) is 59.7 Å². The molecule has 0 saturated carbocycles. The molecule has 0 atom stereocenters. The van der Waals surface area contributed by atoms with Gasteiger partial charge in [0.05, 0.1) is 7.11 Å². The van der Waals surface area contributed by atoms with Gasteiger partial charge in [0, 0.05) is 30.2 Å². The summed E-state index contributed by atoms with van der Waals surface area (Å²) >= 11 is 0. The van der Waals surface area contributed by atoms with E-state index in [-0.39, 0.29) is 24.5 Å². The Labute approximate surface area is 149 Å². The summed E-state index contributed by atoms with van der Waals surface area (Å²) in [5.74, 6) is 1.06. The number of anilines is 1. The Morgan fingerprint density at radius 2 is 1.76 bits per heavy atom. The monoisotopic (exact) mass is 339 g/mol. The smallest absolute Gasteiger partial charge is 0.224 e. The van der Waals surface area contributed by atoms with E-state index in [2.05, 4.69) is 19.2 Å². The number of rotatable bonds is 8. The average Bonchev–Trinajstić information content (AvgIpc) is 2.60. The summed E-state index contributed by atoms with van der Waals surface area (Å²) in [6, 6.07) is 14.8. The molecule has 25 heavy (non-hydrogen) atoms. The van der Waals surface area contributed by atoms with Crippen LogP contribution in [0, 0.1) is 5.92 Å². The average molecular weight is 339 g/mol. The molecule has 4 heteroatoms. The highest BCUT2D eigenvalue weighted by molar-refractivity contribution is 6.00. The lowest BCUT2D eigenvalue weighted by atomic mass is 9.99. The molecule has 0 aliphatic heterocycles. The van der Waals surface area contributed by atoms with Crippen LogP contribution in [0.4, 0.5) is 5.69 Å². The largest absolute Gasteiger partial charge is 0.497 e. The van der Waals surface area contributed by atoms with E-state index in [9.17, 15) is 9.59 Å². The predicted molar refractivity (Wildman–Crippen MR) is 100 cm³/mol. The van der Waals surface area contributed by atoms with Crippen LogP contribution in [0.25, 0.3) is 0 Å². The highest BCUT2D eigenvalue weighted by Gasteiger charge is 2.10. The van der Waals surface area contributed by atoms with Gasteiger partial charge in [-0.25, -0.2) is 0 Å².